The Labute approximate surface area is 99.3 Å². The number of amides is 1. The van der Waals surface area contributed by atoms with E-state index in [9.17, 15) is 14.9 Å². The van der Waals surface area contributed by atoms with E-state index < -0.39 is 4.92 Å². The minimum absolute atomic E-state index is 0.0208. The van der Waals surface area contributed by atoms with Crippen LogP contribution in [0.15, 0.2) is 36.9 Å². The Kier molecular flexibility index (Phi) is 4.39. The third-order valence-electron chi connectivity index (χ3n) is 2.42. The molecular formula is C12H14N2O3. The van der Waals surface area contributed by atoms with Crippen molar-refractivity contribution < 1.29 is 9.72 Å². The van der Waals surface area contributed by atoms with Gasteiger partial charge in [-0.3, -0.25) is 14.9 Å². The fourth-order valence-corrected chi connectivity index (χ4v) is 1.36. The Hall–Kier alpha value is -2.17. The van der Waals surface area contributed by atoms with Crippen LogP contribution in [0.4, 0.5) is 5.69 Å². The van der Waals surface area contributed by atoms with E-state index in [1.54, 1.807) is 25.1 Å². The molecule has 0 aliphatic carbocycles. The summed E-state index contributed by atoms with van der Waals surface area (Å²) in [5.41, 5.74) is 0.768. The number of nitro benzene ring substituents is 1. The van der Waals surface area contributed by atoms with Gasteiger partial charge in [-0.15, -0.1) is 6.58 Å². The van der Waals surface area contributed by atoms with E-state index in [0.29, 0.717) is 6.54 Å². The van der Waals surface area contributed by atoms with Crippen LogP contribution < -0.4 is 5.32 Å². The minimum Gasteiger partial charge on any atom is -0.352 e. The zero-order valence-electron chi connectivity index (χ0n) is 9.55. The first-order valence-electron chi connectivity index (χ1n) is 5.19. The second-order valence-corrected chi connectivity index (χ2v) is 3.60. The van der Waals surface area contributed by atoms with Crippen molar-refractivity contribution in [3.05, 3.63) is 52.6 Å². The first-order chi connectivity index (χ1) is 8.06. The lowest BCUT2D eigenvalue weighted by Gasteiger charge is -2.11. The van der Waals surface area contributed by atoms with Crippen molar-refractivity contribution in [1.82, 2.24) is 5.32 Å². The lowest BCUT2D eigenvalue weighted by atomic mass is 10.0. The van der Waals surface area contributed by atoms with Crippen molar-refractivity contribution in [3.8, 4) is 0 Å². The van der Waals surface area contributed by atoms with Crippen molar-refractivity contribution in [1.29, 1.82) is 0 Å². The molecule has 0 saturated heterocycles. The normalized spacial score (nSPS) is 11.6. The predicted molar refractivity (Wildman–Crippen MR) is 64.7 cm³/mol. The van der Waals surface area contributed by atoms with Gasteiger partial charge in [-0.25, -0.2) is 0 Å². The Morgan fingerprint density at radius 2 is 2.12 bits per heavy atom. The largest absolute Gasteiger partial charge is 0.352 e. The summed E-state index contributed by atoms with van der Waals surface area (Å²) in [6, 6.07) is 5.98. The third kappa shape index (κ3) is 3.41. The first kappa shape index (κ1) is 12.9. The van der Waals surface area contributed by atoms with E-state index in [1.807, 2.05) is 0 Å². The van der Waals surface area contributed by atoms with Gasteiger partial charge in [0.1, 0.15) is 0 Å². The van der Waals surface area contributed by atoms with Gasteiger partial charge < -0.3 is 5.32 Å². The minimum atomic E-state index is -0.466. The number of benzene rings is 1. The number of hydrogen-bond donors (Lipinski definition) is 1. The molecule has 0 aliphatic heterocycles. The van der Waals surface area contributed by atoms with Gasteiger partial charge in [0.2, 0.25) is 5.91 Å². The van der Waals surface area contributed by atoms with E-state index in [-0.39, 0.29) is 17.5 Å². The summed E-state index contributed by atoms with van der Waals surface area (Å²) in [6.07, 6.45) is 1.60. The molecule has 5 nitrogen and oxygen atoms in total. The van der Waals surface area contributed by atoms with E-state index in [0.717, 1.165) is 5.56 Å². The smallest absolute Gasteiger partial charge is 0.269 e. The monoisotopic (exact) mass is 234 g/mol. The number of hydrogen-bond acceptors (Lipinski definition) is 3. The van der Waals surface area contributed by atoms with Crippen molar-refractivity contribution in [3.63, 3.8) is 0 Å². The first-order valence-corrected chi connectivity index (χ1v) is 5.19. The number of rotatable bonds is 5. The number of carbonyl (C=O) groups excluding carboxylic acids is 1. The molecule has 0 spiro atoms. The molecule has 1 N–H and O–H groups in total. The molecule has 1 aromatic rings. The summed E-state index contributed by atoms with van der Waals surface area (Å²) in [5, 5.41) is 13.1. The van der Waals surface area contributed by atoms with Gasteiger partial charge in [-0.2, -0.15) is 0 Å². The van der Waals surface area contributed by atoms with E-state index >= 15 is 0 Å². The quantitative estimate of drug-likeness (QED) is 0.481. The second-order valence-electron chi connectivity index (χ2n) is 3.60. The zero-order valence-corrected chi connectivity index (χ0v) is 9.55. The summed E-state index contributed by atoms with van der Waals surface area (Å²) < 4.78 is 0. The maximum absolute atomic E-state index is 11.6. The van der Waals surface area contributed by atoms with Crippen molar-refractivity contribution in [2.75, 3.05) is 6.54 Å². The molecule has 0 fully saturated rings. The second kappa shape index (κ2) is 5.79. The summed E-state index contributed by atoms with van der Waals surface area (Å²) in [5.74, 6) is -0.463. The van der Waals surface area contributed by atoms with Crippen LogP contribution in [0.25, 0.3) is 0 Å². The Bertz CT molecular complexity index is 426. The maximum Gasteiger partial charge on any atom is 0.269 e. The van der Waals surface area contributed by atoms with Crippen molar-refractivity contribution >= 4 is 11.6 Å². The van der Waals surface area contributed by atoms with Crippen LogP contribution >= 0.6 is 0 Å². The number of carbonyl (C=O) groups is 1. The van der Waals surface area contributed by atoms with Crippen LogP contribution in [-0.2, 0) is 4.79 Å². The molecule has 0 bridgehead atoms. The number of nitro groups is 1. The molecule has 5 heteroatoms. The van der Waals surface area contributed by atoms with E-state index in [2.05, 4.69) is 11.9 Å². The van der Waals surface area contributed by atoms with Crippen LogP contribution in [0, 0.1) is 10.1 Å². The molecule has 0 unspecified atom stereocenters. The van der Waals surface area contributed by atoms with Crippen LogP contribution in [0.3, 0.4) is 0 Å². The average Bonchev–Trinajstić information content (AvgIpc) is 2.35. The predicted octanol–water partition coefficient (Wildman–Crippen LogP) is 2.00. The molecule has 0 aromatic heterocycles. The third-order valence-corrected chi connectivity index (χ3v) is 2.42. The van der Waals surface area contributed by atoms with Gasteiger partial charge in [0.15, 0.2) is 0 Å². The Morgan fingerprint density at radius 3 is 2.59 bits per heavy atom. The Morgan fingerprint density at radius 1 is 1.53 bits per heavy atom. The van der Waals surface area contributed by atoms with E-state index in [4.69, 9.17) is 0 Å². The summed E-state index contributed by atoms with van der Waals surface area (Å²) >= 11 is 0. The molecular weight excluding hydrogens is 220 g/mol. The molecule has 0 heterocycles. The molecule has 1 rings (SSSR count). The maximum atomic E-state index is 11.6. The summed E-state index contributed by atoms with van der Waals surface area (Å²) in [6.45, 7) is 5.67. The fourth-order valence-electron chi connectivity index (χ4n) is 1.36. The summed E-state index contributed by atoms with van der Waals surface area (Å²) in [4.78, 5) is 21.6. The lowest BCUT2D eigenvalue weighted by Crippen LogP contribution is -2.27. The molecule has 0 saturated carbocycles. The van der Waals surface area contributed by atoms with Crippen LogP contribution in [0.2, 0.25) is 0 Å². The highest BCUT2D eigenvalue weighted by Crippen LogP contribution is 2.19. The highest BCUT2D eigenvalue weighted by Gasteiger charge is 2.15. The fraction of sp³-hybridized carbons (Fsp3) is 0.250. The van der Waals surface area contributed by atoms with E-state index in [1.165, 1.54) is 12.1 Å². The van der Waals surface area contributed by atoms with Crippen molar-refractivity contribution in [2.45, 2.75) is 12.8 Å². The Balaban J connectivity index is 2.75. The van der Waals surface area contributed by atoms with Gasteiger partial charge >= 0.3 is 0 Å². The van der Waals surface area contributed by atoms with Gasteiger partial charge in [-0.05, 0) is 12.5 Å². The zero-order chi connectivity index (χ0) is 12.8. The molecule has 0 radical (unpaired) electrons. The number of nitrogens with zero attached hydrogens (tertiary/aromatic N) is 1. The number of non-ortho nitro benzene ring substituents is 1. The molecule has 1 atom stereocenters. The molecule has 1 aromatic carbocycles. The van der Waals surface area contributed by atoms with Gasteiger partial charge in [0.25, 0.3) is 5.69 Å². The highest BCUT2D eigenvalue weighted by molar-refractivity contribution is 5.83. The molecule has 1 amide bonds. The molecule has 17 heavy (non-hydrogen) atoms. The number of nitrogens with one attached hydrogen (secondary N) is 1. The average molecular weight is 234 g/mol. The van der Waals surface area contributed by atoms with Gasteiger partial charge in [0, 0.05) is 18.7 Å². The topological polar surface area (TPSA) is 72.2 Å². The standard InChI is InChI=1S/C12H14N2O3/c1-3-8-13-12(15)9(2)10-4-6-11(7-5-10)14(16)17/h3-7,9H,1,8H2,2H3,(H,13,15)/t9-/m1/s1. The van der Waals surface area contributed by atoms with Crippen LogP contribution in [0.5, 0.6) is 0 Å². The summed E-state index contributed by atoms with van der Waals surface area (Å²) in [7, 11) is 0. The van der Waals surface area contributed by atoms with Crippen molar-refractivity contribution in [2.24, 2.45) is 0 Å². The SMILES string of the molecule is C=CCNC(=O)[C@H](C)c1ccc([N+](=O)[O-])cc1. The molecule has 90 valence electrons. The molecule has 0 aliphatic rings. The van der Waals surface area contributed by atoms with Gasteiger partial charge in [0.05, 0.1) is 10.8 Å². The van der Waals surface area contributed by atoms with Gasteiger partial charge in [-0.1, -0.05) is 18.2 Å². The van der Waals surface area contributed by atoms with Crippen LogP contribution in [0.1, 0.15) is 18.4 Å². The lowest BCUT2D eigenvalue weighted by molar-refractivity contribution is -0.384. The highest BCUT2D eigenvalue weighted by atomic mass is 16.6. The van der Waals surface area contributed by atoms with Crippen LogP contribution in [-0.4, -0.2) is 17.4 Å².